The second-order valence-corrected chi connectivity index (χ2v) is 6.43. The second-order valence-electron chi connectivity index (χ2n) is 6.43. The van der Waals surface area contributed by atoms with Crippen molar-refractivity contribution in [3.05, 3.63) is 47.9 Å². The van der Waals surface area contributed by atoms with Crippen LogP contribution >= 0.6 is 0 Å². The SMILES string of the molecule is COc1cc(C2(CNC(=O)c3ccoc3)CCCC2)ccc1OC(F)F. The molecule has 0 saturated heterocycles. The van der Waals surface area contributed by atoms with E-state index in [4.69, 9.17) is 9.15 Å². The Hall–Kier alpha value is -2.57. The lowest BCUT2D eigenvalue weighted by Crippen LogP contribution is -2.39. The Labute approximate surface area is 150 Å². The summed E-state index contributed by atoms with van der Waals surface area (Å²) in [4.78, 5) is 12.2. The molecule has 0 unspecified atom stereocenters. The molecule has 7 heteroatoms. The summed E-state index contributed by atoms with van der Waals surface area (Å²) < 4.78 is 39.7. The third kappa shape index (κ3) is 3.81. The Kier molecular flexibility index (Phi) is 5.44. The first-order chi connectivity index (χ1) is 12.5. The molecule has 1 fully saturated rings. The number of methoxy groups -OCH3 is 1. The molecule has 2 aromatic rings. The molecule has 140 valence electrons. The maximum atomic E-state index is 12.5. The summed E-state index contributed by atoms with van der Waals surface area (Å²) in [6, 6.07) is 6.61. The lowest BCUT2D eigenvalue weighted by molar-refractivity contribution is -0.0512. The van der Waals surface area contributed by atoms with Crippen LogP contribution in [0.1, 0.15) is 41.6 Å². The number of carbonyl (C=O) groups is 1. The van der Waals surface area contributed by atoms with Gasteiger partial charge in [-0.1, -0.05) is 18.9 Å². The molecule has 1 aromatic heterocycles. The third-order valence-electron chi connectivity index (χ3n) is 4.92. The number of alkyl halides is 2. The highest BCUT2D eigenvalue weighted by molar-refractivity contribution is 5.93. The number of furan rings is 1. The molecule has 1 N–H and O–H groups in total. The Balaban J connectivity index is 1.81. The van der Waals surface area contributed by atoms with Crippen molar-refractivity contribution in [3.63, 3.8) is 0 Å². The first-order valence-corrected chi connectivity index (χ1v) is 8.48. The standard InChI is InChI=1S/C19H21F2NO4/c1-24-16-10-14(4-5-15(16)26-18(20)21)19(7-2-3-8-19)12-22-17(23)13-6-9-25-11-13/h4-6,9-11,18H,2-3,7-8,12H2,1H3,(H,22,23). The average molecular weight is 365 g/mol. The zero-order valence-corrected chi connectivity index (χ0v) is 14.5. The second kappa shape index (κ2) is 7.76. The fraction of sp³-hybridized carbons (Fsp3) is 0.421. The van der Waals surface area contributed by atoms with Crippen LogP contribution in [0.3, 0.4) is 0 Å². The summed E-state index contributed by atoms with van der Waals surface area (Å²) in [5.74, 6) is 0.0618. The van der Waals surface area contributed by atoms with Crippen molar-refractivity contribution in [3.8, 4) is 11.5 Å². The highest BCUT2D eigenvalue weighted by atomic mass is 19.3. The number of rotatable bonds is 7. The summed E-state index contributed by atoms with van der Waals surface area (Å²) in [6.07, 6.45) is 6.73. The third-order valence-corrected chi connectivity index (χ3v) is 4.92. The van der Waals surface area contributed by atoms with E-state index in [1.54, 1.807) is 18.2 Å². The van der Waals surface area contributed by atoms with Gasteiger partial charge in [-0.2, -0.15) is 8.78 Å². The Morgan fingerprint density at radius 1 is 1.27 bits per heavy atom. The van der Waals surface area contributed by atoms with E-state index in [1.165, 1.54) is 25.7 Å². The Morgan fingerprint density at radius 3 is 2.65 bits per heavy atom. The van der Waals surface area contributed by atoms with Crippen molar-refractivity contribution >= 4 is 5.91 Å². The highest BCUT2D eigenvalue weighted by Crippen LogP contribution is 2.43. The summed E-state index contributed by atoms with van der Waals surface area (Å²) in [7, 11) is 1.42. The van der Waals surface area contributed by atoms with E-state index < -0.39 is 6.61 Å². The van der Waals surface area contributed by atoms with E-state index in [9.17, 15) is 13.6 Å². The van der Waals surface area contributed by atoms with Gasteiger partial charge in [0.1, 0.15) is 6.26 Å². The van der Waals surface area contributed by atoms with Crippen LogP contribution in [0.25, 0.3) is 0 Å². The minimum Gasteiger partial charge on any atom is -0.493 e. The van der Waals surface area contributed by atoms with Gasteiger partial charge in [-0.05, 0) is 36.6 Å². The van der Waals surface area contributed by atoms with Gasteiger partial charge in [0.05, 0.1) is 18.9 Å². The predicted molar refractivity (Wildman–Crippen MR) is 90.8 cm³/mol. The number of benzene rings is 1. The molecule has 5 nitrogen and oxygen atoms in total. The average Bonchev–Trinajstić information content (AvgIpc) is 3.32. The van der Waals surface area contributed by atoms with Gasteiger partial charge in [-0.15, -0.1) is 0 Å². The normalized spacial score (nSPS) is 15.8. The predicted octanol–water partition coefficient (Wildman–Crippen LogP) is 4.13. The lowest BCUT2D eigenvalue weighted by Gasteiger charge is -2.30. The first-order valence-electron chi connectivity index (χ1n) is 8.48. The van der Waals surface area contributed by atoms with Crippen molar-refractivity contribution in [2.75, 3.05) is 13.7 Å². The van der Waals surface area contributed by atoms with Gasteiger partial charge in [-0.3, -0.25) is 4.79 Å². The van der Waals surface area contributed by atoms with Gasteiger partial charge in [0.2, 0.25) is 0 Å². The molecule has 3 rings (SSSR count). The van der Waals surface area contributed by atoms with Gasteiger partial charge < -0.3 is 19.2 Å². The van der Waals surface area contributed by atoms with Crippen molar-refractivity contribution in [2.45, 2.75) is 37.7 Å². The number of amides is 1. The molecule has 1 aliphatic carbocycles. The molecular weight excluding hydrogens is 344 g/mol. The monoisotopic (exact) mass is 365 g/mol. The van der Waals surface area contributed by atoms with Crippen LogP contribution in [0.4, 0.5) is 8.78 Å². The molecule has 1 saturated carbocycles. The Morgan fingerprint density at radius 2 is 2.04 bits per heavy atom. The van der Waals surface area contributed by atoms with Gasteiger partial charge >= 0.3 is 6.61 Å². The van der Waals surface area contributed by atoms with Crippen molar-refractivity contribution in [1.82, 2.24) is 5.32 Å². The topological polar surface area (TPSA) is 60.7 Å². The molecule has 0 aliphatic heterocycles. The van der Waals surface area contributed by atoms with Crippen LogP contribution in [0.5, 0.6) is 11.5 Å². The highest BCUT2D eigenvalue weighted by Gasteiger charge is 2.36. The van der Waals surface area contributed by atoms with Crippen molar-refractivity contribution in [2.24, 2.45) is 0 Å². The van der Waals surface area contributed by atoms with Gasteiger partial charge in [0, 0.05) is 12.0 Å². The zero-order valence-electron chi connectivity index (χ0n) is 14.5. The largest absolute Gasteiger partial charge is 0.493 e. The molecular formula is C19H21F2NO4. The van der Waals surface area contributed by atoms with Crippen molar-refractivity contribution < 1.29 is 27.5 Å². The van der Waals surface area contributed by atoms with E-state index >= 15 is 0 Å². The summed E-state index contributed by atoms with van der Waals surface area (Å²) in [5.41, 5.74) is 1.16. The Bertz CT molecular complexity index is 740. The molecule has 0 radical (unpaired) electrons. The van der Waals surface area contributed by atoms with Gasteiger partial charge in [-0.25, -0.2) is 0 Å². The number of halogens is 2. The number of hydrogen-bond acceptors (Lipinski definition) is 4. The van der Waals surface area contributed by atoms with Gasteiger partial charge in [0.25, 0.3) is 5.91 Å². The summed E-state index contributed by atoms with van der Waals surface area (Å²) in [6.45, 7) is -2.46. The van der Waals surface area contributed by atoms with Crippen LogP contribution < -0.4 is 14.8 Å². The van der Waals surface area contributed by atoms with E-state index in [0.29, 0.717) is 12.1 Å². The zero-order chi connectivity index (χ0) is 18.6. The molecule has 0 spiro atoms. The molecule has 26 heavy (non-hydrogen) atoms. The molecule has 1 aromatic carbocycles. The molecule has 0 bridgehead atoms. The molecule has 1 amide bonds. The number of hydrogen-bond donors (Lipinski definition) is 1. The lowest BCUT2D eigenvalue weighted by atomic mass is 9.78. The fourth-order valence-corrected chi connectivity index (χ4v) is 3.56. The van der Waals surface area contributed by atoms with Crippen molar-refractivity contribution in [1.29, 1.82) is 0 Å². The molecule has 0 atom stereocenters. The summed E-state index contributed by atoms with van der Waals surface area (Å²) in [5, 5.41) is 2.96. The minimum absolute atomic E-state index is 0.00169. The maximum absolute atomic E-state index is 12.5. The van der Waals surface area contributed by atoms with Crippen LogP contribution in [0.2, 0.25) is 0 Å². The number of nitrogens with one attached hydrogen (secondary N) is 1. The molecule has 1 aliphatic rings. The van der Waals surface area contributed by atoms with Crippen LogP contribution in [-0.4, -0.2) is 26.2 Å². The van der Waals surface area contributed by atoms with Crippen LogP contribution in [0, 0.1) is 0 Å². The van der Waals surface area contributed by atoms with E-state index in [1.807, 2.05) is 0 Å². The van der Waals surface area contributed by atoms with Gasteiger partial charge in [0.15, 0.2) is 11.5 Å². The first kappa shape index (κ1) is 18.2. The number of carbonyl (C=O) groups excluding carboxylic acids is 1. The quantitative estimate of drug-likeness (QED) is 0.801. The number of ether oxygens (including phenoxy) is 2. The fourth-order valence-electron chi connectivity index (χ4n) is 3.56. The smallest absolute Gasteiger partial charge is 0.387 e. The van der Waals surface area contributed by atoms with Crippen LogP contribution in [0.15, 0.2) is 41.2 Å². The van der Waals surface area contributed by atoms with Crippen LogP contribution in [-0.2, 0) is 5.41 Å². The van der Waals surface area contributed by atoms with E-state index in [0.717, 1.165) is 31.2 Å². The maximum Gasteiger partial charge on any atom is 0.387 e. The molecule has 1 heterocycles. The summed E-state index contributed by atoms with van der Waals surface area (Å²) >= 11 is 0. The van der Waals surface area contributed by atoms with E-state index in [2.05, 4.69) is 10.1 Å². The van der Waals surface area contributed by atoms with E-state index in [-0.39, 0.29) is 22.8 Å². The minimum atomic E-state index is -2.91.